The molecule has 6 nitrogen and oxygen atoms in total. The predicted octanol–water partition coefficient (Wildman–Crippen LogP) is 5.53. The number of hydrogen-bond donors (Lipinski definition) is 2. The standard InChI is InChI=1S/C27H27NO5/c1-17(2)33-19-13-11-18(12-14-19)25(15-26(29)30)28-27(31)32-16-24-22-9-5-3-7-20(22)21-8-4-6-10-23(21)24/h3-14,17,24-25H,15-16H2,1-2H3,(H,28,31)(H,29,30). The molecule has 6 heteroatoms. The van der Waals surface area contributed by atoms with E-state index < -0.39 is 18.1 Å². The summed E-state index contributed by atoms with van der Waals surface area (Å²) in [6.45, 7) is 4.03. The zero-order valence-corrected chi connectivity index (χ0v) is 18.7. The zero-order valence-electron chi connectivity index (χ0n) is 18.7. The minimum atomic E-state index is -1.01. The molecule has 1 atom stereocenters. The summed E-state index contributed by atoms with van der Waals surface area (Å²) < 4.78 is 11.2. The smallest absolute Gasteiger partial charge is 0.407 e. The second kappa shape index (κ2) is 9.77. The monoisotopic (exact) mass is 445 g/mol. The molecule has 170 valence electrons. The maximum atomic E-state index is 12.7. The summed E-state index contributed by atoms with van der Waals surface area (Å²) >= 11 is 0. The molecule has 4 rings (SSSR count). The van der Waals surface area contributed by atoms with E-state index in [1.54, 1.807) is 24.3 Å². The maximum Gasteiger partial charge on any atom is 0.407 e. The number of ether oxygens (including phenoxy) is 2. The normalized spacial score (nSPS) is 13.2. The number of carbonyl (C=O) groups excluding carboxylic acids is 1. The fourth-order valence-corrected chi connectivity index (χ4v) is 4.26. The Morgan fingerprint density at radius 1 is 0.909 bits per heavy atom. The summed E-state index contributed by atoms with van der Waals surface area (Å²) in [5, 5.41) is 12.0. The van der Waals surface area contributed by atoms with Crippen molar-refractivity contribution in [3.63, 3.8) is 0 Å². The molecule has 3 aromatic carbocycles. The lowest BCUT2D eigenvalue weighted by Gasteiger charge is -2.20. The van der Waals surface area contributed by atoms with Gasteiger partial charge in [0.1, 0.15) is 12.4 Å². The van der Waals surface area contributed by atoms with Gasteiger partial charge in [-0.1, -0.05) is 60.7 Å². The Labute approximate surface area is 193 Å². The molecule has 1 aliphatic carbocycles. The molecule has 1 amide bonds. The molecule has 2 N–H and O–H groups in total. The van der Waals surface area contributed by atoms with Gasteiger partial charge in [0.15, 0.2) is 0 Å². The molecule has 0 fully saturated rings. The minimum Gasteiger partial charge on any atom is -0.491 e. The van der Waals surface area contributed by atoms with Crippen LogP contribution < -0.4 is 10.1 Å². The van der Waals surface area contributed by atoms with Gasteiger partial charge in [-0.05, 0) is 53.8 Å². The first-order valence-corrected chi connectivity index (χ1v) is 11.0. The number of alkyl carbamates (subject to hydrolysis) is 1. The molecule has 1 aliphatic rings. The van der Waals surface area contributed by atoms with E-state index in [1.165, 1.54) is 0 Å². The van der Waals surface area contributed by atoms with Crippen LogP contribution in [0.4, 0.5) is 4.79 Å². The van der Waals surface area contributed by atoms with Gasteiger partial charge in [-0.2, -0.15) is 0 Å². The van der Waals surface area contributed by atoms with Crippen molar-refractivity contribution in [1.82, 2.24) is 5.32 Å². The Balaban J connectivity index is 1.45. The van der Waals surface area contributed by atoms with Crippen molar-refractivity contribution >= 4 is 12.1 Å². The number of nitrogens with one attached hydrogen (secondary N) is 1. The van der Waals surface area contributed by atoms with Crippen molar-refractivity contribution in [3.8, 4) is 16.9 Å². The van der Waals surface area contributed by atoms with Crippen LogP contribution in [-0.2, 0) is 9.53 Å². The fraction of sp³-hybridized carbons (Fsp3) is 0.259. The van der Waals surface area contributed by atoms with Crippen LogP contribution in [0.15, 0.2) is 72.8 Å². The molecule has 0 saturated carbocycles. The molecule has 0 aliphatic heterocycles. The highest BCUT2D eigenvalue weighted by atomic mass is 16.5. The highest BCUT2D eigenvalue weighted by Gasteiger charge is 2.29. The molecule has 0 spiro atoms. The van der Waals surface area contributed by atoms with E-state index in [0.717, 1.165) is 22.3 Å². The molecule has 0 aromatic heterocycles. The van der Waals surface area contributed by atoms with Gasteiger partial charge in [-0.3, -0.25) is 4.79 Å². The van der Waals surface area contributed by atoms with E-state index in [4.69, 9.17) is 9.47 Å². The van der Waals surface area contributed by atoms with Gasteiger partial charge in [-0.15, -0.1) is 0 Å². The van der Waals surface area contributed by atoms with Gasteiger partial charge in [0.2, 0.25) is 0 Å². The molecule has 0 radical (unpaired) electrons. The Hall–Kier alpha value is -3.80. The average Bonchev–Trinajstić information content (AvgIpc) is 3.11. The molecule has 0 heterocycles. The van der Waals surface area contributed by atoms with Crippen LogP contribution in [0.5, 0.6) is 5.75 Å². The topological polar surface area (TPSA) is 84.9 Å². The van der Waals surface area contributed by atoms with E-state index in [2.05, 4.69) is 29.6 Å². The van der Waals surface area contributed by atoms with E-state index >= 15 is 0 Å². The van der Waals surface area contributed by atoms with E-state index in [9.17, 15) is 14.7 Å². The molecule has 0 saturated heterocycles. The molecule has 0 bridgehead atoms. The van der Waals surface area contributed by atoms with Gasteiger partial charge in [0.05, 0.1) is 18.6 Å². The number of aliphatic carboxylic acids is 1. The minimum absolute atomic E-state index is 0.0321. The molecular formula is C27H27NO5. The first-order valence-electron chi connectivity index (χ1n) is 11.0. The lowest BCUT2D eigenvalue weighted by molar-refractivity contribution is -0.137. The SMILES string of the molecule is CC(C)Oc1ccc(C(CC(=O)O)NC(=O)OCC2c3ccccc3-c3ccccc32)cc1. The lowest BCUT2D eigenvalue weighted by Crippen LogP contribution is -2.31. The fourth-order valence-electron chi connectivity index (χ4n) is 4.26. The predicted molar refractivity (Wildman–Crippen MR) is 125 cm³/mol. The van der Waals surface area contributed by atoms with Crippen molar-refractivity contribution in [2.75, 3.05) is 6.61 Å². The van der Waals surface area contributed by atoms with Crippen LogP contribution in [0.2, 0.25) is 0 Å². The molecule has 3 aromatic rings. The second-order valence-electron chi connectivity index (χ2n) is 8.36. The maximum absolute atomic E-state index is 12.7. The summed E-state index contributed by atoms with van der Waals surface area (Å²) in [4.78, 5) is 24.1. The number of rotatable bonds is 8. The highest BCUT2D eigenvalue weighted by molar-refractivity contribution is 5.79. The van der Waals surface area contributed by atoms with Crippen LogP contribution in [0.3, 0.4) is 0 Å². The van der Waals surface area contributed by atoms with Crippen molar-refractivity contribution in [1.29, 1.82) is 0 Å². The summed E-state index contributed by atoms with van der Waals surface area (Å²) in [5.41, 5.74) is 5.20. The number of carboxylic acid groups (broad SMARTS) is 1. The van der Waals surface area contributed by atoms with Crippen LogP contribution in [0.1, 0.15) is 48.9 Å². The van der Waals surface area contributed by atoms with Gasteiger partial charge in [0.25, 0.3) is 0 Å². The van der Waals surface area contributed by atoms with Gasteiger partial charge >= 0.3 is 12.1 Å². The first-order chi connectivity index (χ1) is 15.9. The third kappa shape index (κ3) is 5.17. The van der Waals surface area contributed by atoms with Crippen LogP contribution in [0.25, 0.3) is 11.1 Å². The lowest BCUT2D eigenvalue weighted by atomic mass is 9.98. The first kappa shape index (κ1) is 22.4. The van der Waals surface area contributed by atoms with Crippen molar-refractivity contribution < 1.29 is 24.2 Å². The van der Waals surface area contributed by atoms with Crippen molar-refractivity contribution in [2.24, 2.45) is 0 Å². The van der Waals surface area contributed by atoms with E-state index in [0.29, 0.717) is 11.3 Å². The molecule has 33 heavy (non-hydrogen) atoms. The number of hydrogen-bond acceptors (Lipinski definition) is 4. The Morgan fingerprint density at radius 3 is 2.03 bits per heavy atom. The Kier molecular flexibility index (Phi) is 6.63. The molecular weight excluding hydrogens is 418 g/mol. The number of carboxylic acids is 1. The van der Waals surface area contributed by atoms with Crippen LogP contribution >= 0.6 is 0 Å². The highest BCUT2D eigenvalue weighted by Crippen LogP contribution is 2.44. The van der Waals surface area contributed by atoms with Gasteiger partial charge in [-0.25, -0.2) is 4.79 Å². The largest absolute Gasteiger partial charge is 0.491 e. The number of benzene rings is 3. The second-order valence-corrected chi connectivity index (χ2v) is 8.36. The summed E-state index contributed by atoms with van der Waals surface area (Å²) in [5.74, 6) is -0.390. The quantitative estimate of drug-likeness (QED) is 0.476. The third-order valence-corrected chi connectivity index (χ3v) is 5.67. The summed E-state index contributed by atoms with van der Waals surface area (Å²) in [6.07, 6.45) is -0.871. The summed E-state index contributed by atoms with van der Waals surface area (Å²) in [7, 11) is 0. The van der Waals surface area contributed by atoms with Crippen molar-refractivity contribution in [3.05, 3.63) is 89.5 Å². The van der Waals surface area contributed by atoms with Crippen LogP contribution in [0, 0.1) is 0 Å². The van der Waals surface area contributed by atoms with Crippen LogP contribution in [-0.4, -0.2) is 29.9 Å². The van der Waals surface area contributed by atoms with E-state index in [-0.39, 0.29) is 25.0 Å². The van der Waals surface area contributed by atoms with Gasteiger partial charge in [0, 0.05) is 5.92 Å². The molecule has 1 unspecified atom stereocenters. The van der Waals surface area contributed by atoms with Gasteiger partial charge < -0.3 is 19.9 Å². The van der Waals surface area contributed by atoms with E-state index in [1.807, 2.05) is 38.1 Å². The number of amides is 1. The Bertz CT molecular complexity index is 1090. The third-order valence-electron chi connectivity index (χ3n) is 5.67. The zero-order chi connectivity index (χ0) is 23.4. The Morgan fingerprint density at radius 2 is 1.48 bits per heavy atom. The van der Waals surface area contributed by atoms with Crippen molar-refractivity contribution in [2.45, 2.75) is 38.3 Å². The summed E-state index contributed by atoms with van der Waals surface area (Å²) in [6, 6.07) is 22.5. The average molecular weight is 446 g/mol. The number of carbonyl (C=O) groups is 2. The number of fused-ring (bicyclic) bond motifs is 3.